The molecule has 28 heavy (non-hydrogen) atoms. The normalized spacial score (nSPS) is 17.7. The first kappa shape index (κ1) is 18.5. The van der Waals surface area contributed by atoms with Crippen LogP contribution in [0.15, 0.2) is 48.5 Å². The van der Waals surface area contributed by atoms with Gasteiger partial charge in [-0.3, -0.25) is 14.5 Å². The summed E-state index contributed by atoms with van der Waals surface area (Å²) in [5.74, 6) is 1.25. The number of amides is 2. The van der Waals surface area contributed by atoms with E-state index >= 15 is 0 Å². The number of benzene rings is 2. The molecule has 2 amide bonds. The zero-order chi connectivity index (χ0) is 19.3. The molecule has 0 saturated heterocycles. The van der Waals surface area contributed by atoms with Crippen LogP contribution in [0.3, 0.4) is 0 Å². The Labute approximate surface area is 164 Å². The van der Waals surface area contributed by atoms with E-state index in [1.807, 2.05) is 24.3 Å². The van der Waals surface area contributed by atoms with Gasteiger partial charge >= 0.3 is 0 Å². The van der Waals surface area contributed by atoms with Crippen molar-refractivity contribution < 1.29 is 19.1 Å². The second-order valence-corrected chi connectivity index (χ2v) is 7.07. The summed E-state index contributed by atoms with van der Waals surface area (Å²) >= 11 is 0. The van der Waals surface area contributed by atoms with Crippen LogP contribution >= 0.6 is 0 Å². The van der Waals surface area contributed by atoms with E-state index in [1.54, 1.807) is 24.3 Å². The third-order valence-corrected chi connectivity index (χ3v) is 5.05. The van der Waals surface area contributed by atoms with Crippen molar-refractivity contribution in [2.75, 3.05) is 26.2 Å². The number of hydrogen-bond donors (Lipinski definition) is 1. The fourth-order valence-corrected chi connectivity index (χ4v) is 3.57. The molecular formula is C22H24N2O4. The van der Waals surface area contributed by atoms with Gasteiger partial charge in [0.1, 0.15) is 12.7 Å². The van der Waals surface area contributed by atoms with E-state index in [-0.39, 0.29) is 17.9 Å². The Morgan fingerprint density at radius 1 is 0.893 bits per heavy atom. The molecule has 2 aliphatic rings. The first-order valence-electron chi connectivity index (χ1n) is 9.78. The quantitative estimate of drug-likeness (QED) is 0.563. The second-order valence-electron chi connectivity index (χ2n) is 7.07. The first-order valence-corrected chi connectivity index (χ1v) is 9.78. The van der Waals surface area contributed by atoms with Crippen LogP contribution in [0.5, 0.6) is 11.5 Å². The molecule has 0 fully saturated rings. The highest BCUT2D eigenvalue weighted by atomic mass is 16.6. The summed E-state index contributed by atoms with van der Waals surface area (Å²) in [6.07, 6.45) is 2.75. The van der Waals surface area contributed by atoms with Gasteiger partial charge in [0.15, 0.2) is 11.5 Å². The molecule has 4 rings (SSSR count). The van der Waals surface area contributed by atoms with Crippen molar-refractivity contribution in [1.82, 2.24) is 10.2 Å². The van der Waals surface area contributed by atoms with Gasteiger partial charge in [0.25, 0.3) is 11.8 Å². The van der Waals surface area contributed by atoms with Gasteiger partial charge in [-0.1, -0.05) is 30.7 Å². The highest BCUT2D eigenvalue weighted by Crippen LogP contribution is 2.30. The van der Waals surface area contributed by atoms with E-state index in [1.165, 1.54) is 4.90 Å². The fourth-order valence-electron chi connectivity index (χ4n) is 3.57. The average Bonchev–Trinajstić information content (AvgIpc) is 2.98. The minimum atomic E-state index is -0.173. The van der Waals surface area contributed by atoms with Crippen LogP contribution in [0.4, 0.5) is 0 Å². The molecule has 146 valence electrons. The van der Waals surface area contributed by atoms with Crippen molar-refractivity contribution in [3.05, 3.63) is 59.7 Å². The van der Waals surface area contributed by atoms with E-state index in [2.05, 4.69) is 5.32 Å². The van der Waals surface area contributed by atoms with Gasteiger partial charge in [0.2, 0.25) is 0 Å². The molecule has 1 unspecified atom stereocenters. The lowest BCUT2D eigenvalue weighted by atomic mass is 10.1. The highest BCUT2D eigenvalue weighted by molar-refractivity contribution is 6.21. The largest absolute Gasteiger partial charge is 0.486 e. The number of carbonyl (C=O) groups excluding carboxylic acids is 2. The van der Waals surface area contributed by atoms with Crippen molar-refractivity contribution in [2.24, 2.45) is 0 Å². The van der Waals surface area contributed by atoms with Gasteiger partial charge in [-0.25, -0.2) is 0 Å². The van der Waals surface area contributed by atoms with Gasteiger partial charge in [0, 0.05) is 13.1 Å². The summed E-state index contributed by atoms with van der Waals surface area (Å²) in [6, 6.07) is 14.7. The second kappa shape index (κ2) is 8.44. The fraction of sp³-hybridized carbons (Fsp3) is 0.364. The lowest BCUT2D eigenvalue weighted by Crippen LogP contribution is -2.38. The molecule has 6 nitrogen and oxygen atoms in total. The van der Waals surface area contributed by atoms with E-state index < -0.39 is 0 Å². The maximum Gasteiger partial charge on any atom is 0.261 e. The molecular weight excluding hydrogens is 356 g/mol. The van der Waals surface area contributed by atoms with Crippen LogP contribution in [-0.2, 0) is 0 Å². The third-order valence-electron chi connectivity index (χ3n) is 5.05. The van der Waals surface area contributed by atoms with Crippen LogP contribution in [0.2, 0.25) is 0 Å². The van der Waals surface area contributed by atoms with E-state index in [0.29, 0.717) is 24.3 Å². The average molecular weight is 380 g/mol. The van der Waals surface area contributed by atoms with Crippen molar-refractivity contribution in [2.45, 2.75) is 25.4 Å². The Hall–Kier alpha value is -2.86. The van der Waals surface area contributed by atoms with Gasteiger partial charge in [-0.15, -0.1) is 0 Å². The standard InChI is InChI=1S/C22H24N2O4/c25-21-17-8-2-3-9-18(17)22(26)24(21)13-7-1-6-12-23-14-16-15-27-19-10-4-5-11-20(19)28-16/h2-5,8-11,16,23H,1,6-7,12-15H2. The number of rotatable bonds is 8. The van der Waals surface area contributed by atoms with Crippen molar-refractivity contribution in [3.8, 4) is 11.5 Å². The van der Waals surface area contributed by atoms with Crippen LogP contribution in [-0.4, -0.2) is 49.1 Å². The number of carbonyl (C=O) groups is 2. The van der Waals surface area contributed by atoms with Gasteiger partial charge in [-0.05, 0) is 43.7 Å². The SMILES string of the molecule is O=C1c2ccccc2C(=O)N1CCCCCNCC1COc2ccccc2O1. The molecule has 1 N–H and O–H groups in total. The molecule has 0 radical (unpaired) electrons. The Bertz CT molecular complexity index is 832. The minimum Gasteiger partial charge on any atom is -0.486 e. The van der Waals surface area contributed by atoms with Gasteiger partial charge < -0.3 is 14.8 Å². The maximum absolute atomic E-state index is 12.3. The summed E-state index contributed by atoms with van der Waals surface area (Å²) in [4.78, 5) is 26.0. The highest BCUT2D eigenvalue weighted by Gasteiger charge is 2.34. The van der Waals surface area contributed by atoms with Crippen LogP contribution in [0.25, 0.3) is 0 Å². The number of para-hydroxylation sites is 2. The van der Waals surface area contributed by atoms with Crippen molar-refractivity contribution in [3.63, 3.8) is 0 Å². The molecule has 1 atom stereocenters. The monoisotopic (exact) mass is 380 g/mol. The number of nitrogens with zero attached hydrogens (tertiary/aromatic N) is 1. The van der Waals surface area contributed by atoms with Crippen LogP contribution < -0.4 is 14.8 Å². The van der Waals surface area contributed by atoms with E-state index in [4.69, 9.17) is 9.47 Å². The summed E-state index contributed by atoms with van der Waals surface area (Å²) in [5.41, 5.74) is 1.04. The molecule has 2 aromatic carbocycles. The third kappa shape index (κ3) is 3.87. The molecule has 2 heterocycles. The molecule has 0 saturated carbocycles. The molecule has 2 aliphatic heterocycles. The number of fused-ring (bicyclic) bond motifs is 2. The van der Waals surface area contributed by atoms with Crippen molar-refractivity contribution >= 4 is 11.8 Å². The number of nitrogens with one attached hydrogen (secondary N) is 1. The van der Waals surface area contributed by atoms with Crippen LogP contribution in [0, 0.1) is 0 Å². The maximum atomic E-state index is 12.3. The van der Waals surface area contributed by atoms with Gasteiger partial charge in [-0.2, -0.15) is 0 Å². The number of imide groups is 1. The molecule has 0 aromatic heterocycles. The summed E-state index contributed by atoms with van der Waals surface area (Å²) < 4.78 is 11.6. The summed E-state index contributed by atoms with van der Waals surface area (Å²) in [7, 11) is 0. The minimum absolute atomic E-state index is 0.00764. The molecule has 0 spiro atoms. The summed E-state index contributed by atoms with van der Waals surface area (Å²) in [6.45, 7) is 2.61. The Balaban J connectivity index is 1.12. The zero-order valence-corrected chi connectivity index (χ0v) is 15.7. The van der Waals surface area contributed by atoms with E-state index in [9.17, 15) is 9.59 Å². The Morgan fingerprint density at radius 2 is 1.57 bits per heavy atom. The lowest BCUT2D eigenvalue weighted by molar-refractivity contribution is 0.0651. The van der Waals surface area contributed by atoms with Gasteiger partial charge in [0.05, 0.1) is 11.1 Å². The Morgan fingerprint density at radius 3 is 2.32 bits per heavy atom. The molecule has 0 bridgehead atoms. The molecule has 6 heteroatoms. The zero-order valence-electron chi connectivity index (χ0n) is 15.7. The van der Waals surface area contributed by atoms with Crippen LogP contribution in [0.1, 0.15) is 40.0 Å². The van der Waals surface area contributed by atoms with E-state index in [0.717, 1.165) is 43.9 Å². The molecule has 2 aromatic rings. The molecule has 0 aliphatic carbocycles. The number of unbranched alkanes of at least 4 members (excludes halogenated alkanes) is 2. The Kier molecular flexibility index (Phi) is 5.58. The predicted octanol–water partition coefficient (Wildman–Crippen LogP) is 2.88. The lowest BCUT2D eigenvalue weighted by Gasteiger charge is -2.26. The predicted molar refractivity (Wildman–Crippen MR) is 105 cm³/mol. The first-order chi connectivity index (χ1) is 13.7. The topological polar surface area (TPSA) is 67.9 Å². The number of hydrogen-bond acceptors (Lipinski definition) is 5. The summed E-state index contributed by atoms with van der Waals surface area (Å²) in [5, 5.41) is 3.39. The smallest absolute Gasteiger partial charge is 0.261 e. The van der Waals surface area contributed by atoms with Crippen molar-refractivity contribution in [1.29, 1.82) is 0 Å². The number of ether oxygens (including phenoxy) is 2.